The zero-order chi connectivity index (χ0) is 13.9. The molecular weight excluding hydrogens is 254 g/mol. The third kappa shape index (κ3) is 2.05. The third-order valence-corrected chi connectivity index (χ3v) is 2.95. The van der Waals surface area contributed by atoms with Gasteiger partial charge in [-0.25, -0.2) is 9.97 Å². The van der Waals surface area contributed by atoms with Gasteiger partial charge >= 0.3 is 0 Å². The Morgan fingerprint density at radius 3 is 2.90 bits per heavy atom. The highest BCUT2D eigenvalue weighted by atomic mass is 16.5. The van der Waals surface area contributed by atoms with Crippen molar-refractivity contribution in [2.24, 2.45) is 0 Å². The first-order chi connectivity index (χ1) is 9.81. The topological polar surface area (TPSA) is 78.9 Å². The van der Waals surface area contributed by atoms with E-state index in [4.69, 9.17) is 10.5 Å². The average Bonchev–Trinajstić information content (AvgIpc) is 2.90. The van der Waals surface area contributed by atoms with Crippen molar-refractivity contribution in [1.29, 1.82) is 0 Å². The Hall–Kier alpha value is -2.63. The summed E-state index contributed by atoms with van der Waals surface area (Å²) in [5, 5.41) is 0. The van der Waals surface area contributed by atoms with Gasteiger partial charge in [0.25, 0.3) is 0 Å². The van der Waals surface area contributed by atoms with Crippen molar-refractivity contribution in [2.45, 2.75) is 13.3 Å². The Labute approximate surface area is 116 Å². The summed E-state index contributed by atoms with van der Waals surface area (Å²) in [4.78, 5) is 12.7. The number of imidazole rings is 1. The molecule has 2 N–H and O–H groups in total. The van der Waals surface area contributed by atoms with Gasteiger partial charge in [0.15, 0.2) is 5.82 Å². The van der Waals surface area contributed by atoms with Gasteiger partial charge in [0.2, 0.25) is 5.88 Å². The molecule has 0 aliphatic heterocycles. The summed E-state index contributed by atoms with van der Waals surface area (Å²) in [6.07, 6.45) is 4.05. The summed E-state index contributed by atoms with van der Waals surface area (Å²) in [5.41, 5.74) is 8.36. The maximum Gasteiger partial charge on any atom is 0.242 e. The number of hydrogen-bond donors (Lipinski definition) is 1. The van der Waals surface area contributed by atoms with Gasteiger partial charge in [-0.15, -0.1) is 0 Å². The number of nitrogen functional groups attached to an aromatic ring is 1. The summed E-state index contributed by atoms with van der Waals surface area (Å²) in [6.45, 7) is 2.60. The van der Waals surface area contributed by atoms with Crippen LogP contribution in [0.15, 0.2) is 36.9 Å². The van der Waals surface area contributed by atoms with E-state index in [-0.39, 0.29) is 0 Å². The Kier molecular flexibility index (Phi) is 3.20. The Balaban J connectivity index is 2.10. The minimum Gasteiger partial charge on any atom is -0.476 e. The molecule has 0 aliphatic carbocycles. The molecule has 0 bridgehead atoms. The number of fused-ring (bicyclic) bond motifs is 1. The van der Waals surface area contributed by atoms with E-state index in [9.17, 15) is 0 Å². The Morgan fingerprint density at radius 1 is 1.20 bits per heavy atom. The number of rotatable bonds is 4. The number of para-hydroxylation sites is 2. The predicted octanol–water partition coefficient (Wildman–Crippen LogP) is 2.19. The molecule has 0 amide bonds. The van der Waals surface area contributed by atoms with Crippen LogP contribution in [0.5, 0.6) is 5.88 Å². The van der Waals surface area contributed by atoms with E-state index in [0.29, 0.717) is 24.0 Å². The van der Waals surface area contributed by atoms with E-state index >= 15 is 0 Å². The molecule has 0 aliphatic rings. The van der Waals surface area contributed by atoms with Crippen molar-refractivity contribution < 1.29 is 4.74 Å². The van der Waals surface area contributed by atoms with Gasteiger partial charge in [-0.3, -0.25) is 4.57 Å². The van der Waals surface area contributed by atoms with E-state index in [1.165, 1.54) is 6.33 Å². The van der Waals surface area contributed by atoms with Gasteiger partial charge in [0.05, 0.1) is 17.6 Å². The van der Waals surface area contributed by atoms with Gasteiger partial charge in [-0.2, -0.15) is 4.98 Å². The van der Waals surface area contributed by atoms with Gasteiger partial charge in [0.1, 0.15) is 18.3 Å². The van der Waals surface area contributed by atoms with Crippen LogP contribution >= 0.6 is 0 Å². The lowest BCUT2D eigenvalue weighted by Gasteiger charge is -2.10. The third-order valence-electron chi connectivity index (χ3n) is 2.95. The molecule has 2 heterocycles. The van der Waals surface area contributed by atoms with Crippen LogP contribution in [0.1, 0.15) is 13.3 Å². The monoisotopic (exact) mass is 269 g/mol. The normalized spacial score (nSPS) is 10.8. The van der Waals surface area contributed by atoms with E-state index in [2.05, 4.69) is 15.0 Å². The molecule has 2 aromatic heterocycles. The van der Waals surface area contributed by atoms with Crippen molar-refractivity contribution in [3.63, 3.8) is 0 Å². The highest BCUT2D eigenvalue weighted by Crippen LogP contribution is 2.26. The molecule has 0 saturated carbocycles. The summed E-state index contributed by atoms with van der Waals surface area (Å²) in [5.74, 6) is 0.995. The molecular formula is C14H15N5O. The molecule has 0 fully saturated rings. The van der Waals surface area contributed by atoms with Crippen LogP contribution in [0.4, 0.5) is 5.69 Å². The molecule has 6 nitrogen and oxygen atoms in total. The number of benzene rings is 1. The summed E-state index contributed by atoms with van der Waals surface area (Å²) < 4.78 is 7.37. The number of ether oxygens (including phenoxy) is 1. The van der Waals surface area contributed by atoms with Gasteiger partial charge < -0.3 is 10.5 Å². The summed E-state index contributed by atoms with van der Waals surface area (Å²) in [7, 11) is 0. The number of hydrogen-bond acceptors (Lipinski definition) is 5. The van der Waals surface area contributed by atoms with Crippen LogP contribution < -0.4 is 10.5 Å². The first-order valence-electron chi connectivity index (χ1n) is 6.47. The second-order valence-corrected chi connectivity index (χ2v) is 4.37. The maximum atomic E-state index is 6.11. The maximum absolute atomic E-state index is 6.11. The van der Waals surface area contributed by atoms with E-state index < -0.39 is 0 Å². The van der Waals surface area contributed by atoms with Crippen LogP contribution in [0, 0.1) is 0 Å². The van der Waals surface area contributed by atoms with Crippen molar-refractivity contribution in [3.8, 4) is 11.7 Å². The minimum absolute atomic E-state index is 0.412. The molecule has 1 aromatic carbocycles. The minimum atomic E-state index is 0.412. The zero-order valence-electron chi connectivity index (χ0n) is 11.2. The largest absolute Gasteiger partial charge is 0.476 e. The van der Waals surface area contributed by atoms with Crippen molar-refractivity contribution in [3.05, 3.63) is 36.9 Å². The zero-order valence-corrected chi connectivity index (χ0v) is 11.2. The average molecular weight is 269 g/mol. The van der Waals surface area contributed by atoms with E-state index in [1.807, 2.05) is 35.8 Å². The van der Waals surface area contributed by atoms with Crippen molar-refractivity contribution in [2.75, 3.05) is 12.3 Å². The van der Waals surface area contributed by atoms with Gasteiger partial charge in [-0.05, 0) is 18.6 Å². The molecule has 0 atom stereocenters. The fourth-order valence-corrected chi connectivity index (χ4v) is 2.00. The summed E-state index contributed by atoms with van der Waals surface area (Å²) >= 11 is 0. The standard InChI is InChI=1S/C14H15N5O/c1-2-7-20-14-12(15)13(16-8-17-14)19-9-18-10-5-3-4-6-11(10)19/h3-6,8-9H,2,7,15H2,1H3. The number of anilines is 1. The first-order valence-corrected chi connectivity index (χ1v) is 6.47. The molecule has 102 valence electrons. The molecule has 6 heteroatoms. The molecule has 3 rings (SSSR count). The smallest absolute Gasteiger partial charge is 0.242 e. The quantitative estimate of drug-likeness (QED) is 0.785. The first kappa shape index (κ1) is 12.4. The van der Waals surface area contributed by atoms with Crippen LogP contribution in [0.3, 0.4) is 0 Å². The second-order valence-electron chi connectivity index (χ2n) is 4.37. The lowest BCUT2D eigenvalue weighted by molar-refractivity contribution is 0.306. The van der Waals surface area contributed by atoms with Crippen LogP contribution in [0.25, 0.3) is 16.9 Å². The SMILES string of the molecule is CCCOc1ncnc(-n2cnc3ccccc32)c1N. The van der Waals surface area contributed by atoms with E-state index in [0.717, 1.165) is 17.5 Å². The molecule has 0 radical (unpaired) electrons. The fourth-order valence-electron chi connectivity index (χ4n) is 2.00. The lowest BCUT2D eigenvalue weighted by Crippen LogP contribution is -2.07. The second kappa shape index (κ2) is 5.16. The van der Waals surface area contributed by atoms with Gasteiger partial charge in [0, 0.05) is 0 Å². The highest BCUT2D eigenvalue weighted by Gasteiger charge is 2.13. The predicted molar refractivity (Wildman–Crippen MR) is 76.9 cm³/mol. The van der Waals surface area contributed by atoms with Crippen LogP contribution in [-0.2, 0) is 0 Å². The van der Waals surface area contributed by atoms with Crippen LogP contribution in [-0.4, -0.2) is 26.1 Å². The molecule has 20 heavy (non-hydrogen) atoms. The molecule has 0 unspecified atom stereocenters. The van der Waals surface area contributed by atoms with Crippen molar-refractivity contribution >= 4 is 16.7 Å². The Bertz CT molecular complexity index is 737. The molecule has 0 saturated heterocycles. The van der Waals surface area contributed by atoms with Crippen LogP contribution in [0.2, 0.25) is 0 Å². The summed E-state index contributed by atoms with van der Waals surface area (Å²) in [6, 6.07) is 7.80. The van der Waals surface area contributed by atoms with E-state index in [1.54, 1.807) is 6.33 Å². The highest BCUT2D eigenvalue weighted by molar-refractivity contribution is 5.78. The lowest BCUT2D eigenvalue weighted by atomic mass is 10.3. The van der Waals surface area contributed by atoms with Gasteiger partial charge in [-0.1, -0.05) is 19.1 Å². The Morgan fingerprint density at radius 2 is 2.05 bits per heavy atom. The molecule has 3 aromatic rings. The fraction of sp³-hybridized carbons (Fsp3) is 0.214. The number of aromatic nitrogens is 4. The number of nitrogens with two attached hydrogens (primary N) is 1. The molecule has 0 spiro atoms. The van der Waals surface area contributed by atoms with Crippen molar-refractivity contribution in [1.82, 2.24) is 19.5 Å². The number of nitrogens with zero attached hydrogens (tertiary/aromatic N) is 4.